The van der Waals surface area contributed by atoms with Gasteiger partial charge in [-0.05, 0) is 32.8 Å². The number of hydrogen-bond acceptors (Lipinski definition) is 4. The Labute approximate surface area is 98.3 Å². The molecule has 0 aromatic heterocycles. The predicted octanol–water partition coefficient (Wildman–Crippen LogP) is 1.90. The van der Waals surface area contributed by atoms with Crippen LogP contribution in [0, 0.1) is 0 Å². The molecule has 0 unspecified atom stereocenters. The third-order valence-corrected chi connectivity index (χ3v) is 2.92. The van der Waals surface area contributed by atoms with Crippen LogP contribution >= 0.6 is 0 Å². The fraction of sp³-hybridized carbons (Fsp3) is 0.417. The number of carboxylic acids is 1. The van der Waals surface area contributed by atoms with Gasteiger partial charge in [0.15, 0.2) is 11.5 Å². The summed E-state index contributed by atoms with van der Waals surface area (Å²) in [6, 6.07) is 1.05. The number of rotatable bonds is 1. The number of phenols is 2. The highest BCUT2D eigenvalue weighted by atomic mass is 16.5. The van der Waals surface area contributed by atoms with Crippen LogP contribution in [0.15, 0.2) is 6.07 Å². The van der Waals surface area contributed by atoms with Crippen LogP contribution in [0.5, 0.6) is 17.2 Å². The molecule has 1 aliphatic heterocycles. The normalized spacial score (nSPS) is 17.1. The summed E-state index contributed by atoms with van der Waals surface area (Å²) in [5, 5.41) is 28.2. The lowest BCUT2D eigenvalue weighted by atomic mass is 9.91. The average Bonchev–Trinajstić information content (AvgIpc) is 2.22. The molecular formula is C12H14O5. The monoisotopic (exact) mass is 238 g/mol. The first kappa shape index (κ1) is 11.6. The lowest BCUT2D eigenvalue weighted by Gasteiger charge is -2.33. The number of carboxylic acid groups (broad SMARTS) is 1. The van der Waals surface area contributed by atoms with Gasteiger partial charge in [-0.3, -0.25) is 0 Å². The lowest BCUT2D eigenvalue weighted by molar-refractivity contribution is 0.0666. The minimum Gasteiger partial charge on any atom is -0.504 e. The number of phenolic OH excluding ortho intramolecular Hbond substituents is 2. The van der Waals surface area contributed by atoms with Gasteiger partial charge in [-0.15, -0.1) is 0 Å². The van der Waals surface area contributed by atoms with Crippen LogP contribution in [-0.2, 0) is 6.42 Å². The first-order valence-corrected chi connectivity index (χ1v) is 5.32. The van der Waals surface area contributed by atoms with Crippen molar-refractivity contribution in [2.45, 2.75) is 32.3 Å². The zero-order valence-electron chi connectivity index (χ0n) is 9.65. The van der Waals surface area contributed by atoms with Gasteiger partial charge in [0.05, 0.1) is 5.56 Å². The van der Waals surface area contributed by atoms with Crippen molar-refractivity contribution in [3.05, 3.63) is 17.2 Å². The van der Waals surface area contributed by atoms with E-state index in [4.69, 9.17) is 9.84 Å². The highest BCUT2D eigenvalue weighted by Gasteiger charge is 2.33. The van der Waals surface area contributed by atoms with E-state index in [-0.39, 0.29) is 11.3 Å². The van der Waals surface area contributed by atoms with Gasteiger partial charge < -0.3 is 20.1 Å². The van der Waals surface area contributed by atoms with E-state index < -0.39 is 23.1 Å². The van der Waals surface area contributed by atoms with E-state index in [9.17, 15) is 15.0 Å². The van der Waals surface area contributed by atoms with E-state index in [0.717, 1.165) is 6.07 Å². The van der Waals surface area contributed by atoms with Crippen molar-refractivity contribution in [2.75, 3.05) is 0 Å². The Balaban J connectivity index is 2.64. The van der Waals surface area contributed by atoms with Gasteiger partial charge in [-0.25, -0.2) is 4.79 Å². The van der Waals surface area contributed by atoms with Crippen LogP contribution in [0.3, 0.4) is 0 Å². The van der Waals surface area contributed by atoms with E-state index in [2.05, 4.69) is 0 Å². The molecule has 1 aliphatic rings. The minimum absolute atomic E-state index is 0.0224. The molecule has 0 saturated carbocycles. The van der Waals surface area contributed by atoms with Crippen molar-refractivity contribution in [1.29, 1.82) is 0 Å². The number of hydrogen-bond donors (Lipinski definition) is 3. The number of carbonyl (C=O) groups is 1. The molecule has 0 spiro atoms. The summed E-state index contributed by atoms with van der Waals surface area (Å²) in [6.45, 7) is 3.69. The quantitative estimate of drug-likeness (QED) is 0.650. The summed E-state index contributed by atoms with van der Waals surface area (Å²) in [6.07, 6.45) is 1.16. The molecule has 3 N–H and O–H groups in total. The van der Waals surface area contributed by atoms with E-state index >= 15 is 0 Å². The molecule has 0 bridgehead atoms. The number of benzene rings is 1. The summed E-state index contributed by atoms with van der Waals surface area (Å²) in [5.74, 6) is -1.92. The smallest absolute Gasteiger partial charge is 0.336 e. The van der Waals surface area contributed by atoms with E-state index in [1.165, 1.54) is 0 Å². The fourth-order valence-corrected chi connectivity index (χ4v) is 1.98. The Kier molecular flexibility index (Phi) is 2.41. The van der Waals surface area contributed by atoms with Crippen LogP contribution in [0.25, 0.3) is 0 Å². The van der Waals surface area contributed by atoms with Crippen molar-refractivity contribution < 1.29 is 24.9 Å². The second kappa shape index (κ2) is 3.55. The minimum atomic E-state index is -1.14. The van der Waals surface area contributed by atoms with Crippen LogP contribution < -0.4 is 4.74 Å². The Morgan fingerprint density at radius 2 is 2.06 bits per heavy atom. The predicted molar refractivity (Wildman–Crippen MR) is 59.8 cm³/mol. The Morgan fingerprint density at radius 1 is 1.41 bits per heavy atom. The van der Waals surface area contributed by atoms with Crippen LogP contribution in [0.4, 0.5) is 0 Å². The summed E-state index contributed by atoms with van der Waals surface area (Å²) in [4.78, 5) is 11.0. The first-order chi connectivity index (χ1) is 7.82. The zero-order valence-corrected chi connectivity index (χ0v) is 9.65. The molecule has 17 heavy (non-hydrogen) atoms. The van der Waals surface area contributed by atoms with Crippen molar-refractivity contribution >= 4 is 5.97 Å². The topological polar surface area (TPSA) is 87.0 Å². The Hall–Kier alpha value is -1.91. The molecule has 1 aromatic carbocycles. The molecule has 1 heterocycles. The second-order valence-electron chi connectivity index (χ2n) is 4.77. The molecule has 0 atom stereocenters. The molecule has 5 nitrogen and oxygen atoms in total. The van der Waals surface area contributed by atoms with E-state index in [0.29, 0.717) is 18.4 Å². The van der Waals surface area contributed by atoms with Gasteiger partial charge >= 0.3 is 5.97 Å². The van der Waals surface area contributed by atoms with Crippen LogP contribution in [0.1, 0.15) is 36.2 Å². The Bertz CT molecular complexity index is 490. The molecule has 0 amide bonds. The van der Waals surface area contributed by atoms with Gasteiger partial charge in [0.1, 0.15) is 5.60 Å². The highest BCUT2D eigenvalue weighted by molar-refractivity contribution is 5.92. The van der Waals surface area contributed by atoms with Gasteiger partial charge in [0.25, 0.3) is 0 Å². The molecular weight excluding hydrogens is 224 g/mol. The standard InChI is InChI=1S/C12H14O5/c1-12(2)4-3-6-7(11(15)16)5-8(13)9(14)10(6)17-12/h5,13-14H,3-4H2,1-2H3,(H,15,16). The molecule has 0 fully saturated rings. The number of fused-ring (bicyclic) bond motifs is 1. The molecule has 2 rings (SSSR count). The summed E-state index contributed by atoms with van der Waals surface area (Å²) < 4.78 is 5.55. The van der Waals surface area contributed by atoms with Gasteiger partial charge in [-0.2, -0.15) is 0 Å². The summed E-state index contributed by atoms with van der Waals surface area (Å²) in [7, 11) is 0. The molecule has 92 valence electrons. The summed E-state index contributed by atoms with van der Waals surface area (Å²) in [5.41, 5.74) is -0.0634. The zero-order chi connectivity index (χ0) is 12.8. The fourth-order valence-electron chi connectivity index (χ4n) is 1.98. The molecule has 0 aliphatic carbocycles. The number of aromatic carboxylic acids is 1. The number of aromatic hydroxyl groups is 2. The maximum absolute atomic E-state index is 11.0. The van der Waals surface area contributed by atoms with Crippen LogP contribution in [-0.4, -0.2) is 26.9 Å². The average molecular weight is 238 g/mol. The first-order valence-electron chi connectivity index (χ1n) is 5.32. The third kappa shape index (κ3) is 1.88. The number of ether oxygens (including phenoxy) is 1. The van der Waals surface area contributed by atoms with Gasteiger partial charge in [-0.1, -0.05) is 0 Å². The van der Waals surface area contributed by atoms with Crippen molar-refractivity contribution in [3.8, 4) is 17.2 Å². The molecule has 5 heteroatoms. The third-order valence-electron chi connectivity index (χ3n) is 2.92. The van der Waals surface area contributed by atoms with Crippen molar-refractivity contribution in [2.24, 2.45) is 0 Å². The van der Waals surface area contributed by atoms with Gasteiger partial charge in [0.2, 0.25) is 5.75 Å². The molecule has 0 saturated heterocycles. The molecule has 0 radical (unpaired) electrons. The highest BCUT2D eigenvalue weighted by Crippen LogP contribution is 2.46. The van der Waals surface area contributed by atoms with Gasteiger partial charge in [0, 0.05) is 5.56 Å². The second-order valence-corrected chi connectivity index (χ2v) is 4.77. The van der Waals surface area contributed by atoms with Crippen LogP contribution in [0.2, 0.25) is 0 Å². The van der Waals surface area contributed by atoms with E-state index in [1.807, 2.05) is 13.8 Å². The van der Waals surface area contributed by atoms with Crippen molar-refractivity contribution in [1.82, 2.24) is 0 Å². The maximum atomic E-state index is 11.0. The lowest BCUT2D eigenvalue weighted by Crippen LogP contribution is -2.33. The largest absolute Gasteiger partial charge is 0.504 e. The maximum Gasteiger partial charge on any atom is 0.336 e. The van der Waals surface area contributed by atoms with E-state index in [1.54, 1.807) is 0 Å². The SMILES string of the molecule is CC1(C)CCc2c(C(=O)O)cc(O)c(O)c2O1. The Morgan fingerprint density at radius 3 is 2.65 bits per heavy atom. The molecule has 1 aromatic rings. The summed E-state index contributed by atoms with van der Waals surface area (Å²) >= 11 is 0. The van der Waals surface area contributed by atoms with Crippen molar-refractivity contribution in [3.63, 3.8) is 0 Å².